The molecule has 0 saturated carbocycles. The van der Waals surface area contributed by atoms with Gasteiger partial charge in [0.1, 0.15) is 0 Å². The first kappa shape index (κ1) is 13.7. The number of ether oxygens (including phenoxy) is 2. The number of hydrogen-bond donors (Lipinski definition) is 3. The third-order valence-corrected chi connectivity index (χ3v) is 3.05. The molecular formula is C15H12N2O5. The van der Waals surface area contributed by atoms with Gasteiger partial charge in [0.05, 0.1) is 6.21 Å². The summed E-state index contributed by atoms with van der Waals surface area (Å²) in [6.45, 7) is 0.134. The number of rotatable bonds is 3. The van der Waals surface area contributed by atoms with E-state index in [-0.39, 0.29) is 23.9 Å². The predicted octanol–water partition coefficient (Wildman–Crippen LogP) is 1.59. The number of carbonyl (C=O) groups excluding carboxylic acids is 1. The second-order valence-corrected chi connectivity index (χ2v) is 4.48. The molecule has 0 unspecified atom stereocenters. The van der Waals surface area contributed by atoms with Crippen LogP contribution in [0.4, 0.5) is 0 Å². The van der Waals surface area contributed by atoms with Crippen LogP contribution in [-0.2, 0) is 0 Å². The number of phenolic OH excluding ortho intramolecular Hbond substituents is 2. The Morgan fingerprint density at radius 1 is 1.18 bits per heavy atom. The molecule has 2 aromatic carbocycles. The first-order chi connectivity index (χ1) is 10.6. The Hall–Kier alpha value is -3.22. The van der Waals surface area contributed by atoms with Gasteiger partial charge in [-0.2, -0.15) is 5.10 Å². The van der Waals surface area contributed by atoms with Crippen LogP contribution in [0.15, 0.2) is 41.5 Å². The van der Waals surface area contributed by atoms with Crippen LogP contribution in [0.3, 0.4) is 0 Å². The van der Waals surface area contributed by atoms with Crippen LogP contribution in [0, 0.1) is 0 Å². The summed E-state index contributed by atoms with van der Waals surface area (Å²) in [5.74, 6) is 0.0933. The highest BCUT2D eigenvalue weighted by molar-refractivity contribution is 5.95. The number of nitrogens with one attached hydrogen (secondary N) is 1. The minimum atomic E-state index is -0.436. The lowest BCUT2D eigenvalue weighted by Crippen LogP contribution is -2.17. The normalized spacial score (nSPS) is 12.5. The highest BCUT2D eigenvalue weighted by Crippen LogP contribution is 2.32. The summed E-state index contributed by atoms with van der Waals surface area (Å²) in [4.78, 5) is 12.0. The van der Waals surface area contributed by atoms with Crippen molar-refractivity contribution in [2.45, 2.75) is 0 Å². The second-order valence-electron chi connectivity index (χ2n) is 4.48. The lowest BCUT2D eigenvalue weighted by atomic mass is 10.2. The zero-order valence-corrected chi connectivity index (χ0v) is 11.3. The summed E-state index contributed by atoms with van der Waals surface area (Å²) in [6, 6.07) is 9.23. The zero-order valence-electron chi connectivity index (χ0n) is 11.3. The molecular weight excluding hydrogens is 288 g/mol. The van der Waals surface area contributed by atoms with E-state index in [4.69, 9.17) is 9.47 Å². The van der Waals surface area contributed by atoms with Crippen molar-refractivity contribution in [1.82, 2.24) is 5.43 Å². The number of aromatic hydroxyl groups is 2. The van der Waals surface area contributed by atoms with Gasteiger partial charge in [-0.1, -0.05) is 6.07 Å². The van der Waals surface area contributed by atoms with Crippen LogP contribution < -0.4 is 14.9 Å². The van der Waals surface area contributed by atoms with Gasteiger partial charge in [-0.15, -0.1) is 0 Å². The van der Waals surface area contributed by atoms with E-state index in [1.165, 1.54) is 12.3 Å². The van der Waals surface area contributed by atoms with Crippen molar-refractivity contribution in [3.63, 3.8) is 0 Å². The molecule has 0 aromatic heterocycles. The van der Waals surface area contributed by atoms with E-state index in [9.17, 15) is 15.0 Å². The lowest BCUT2D eigenvalue weighted by Gasteiger charge is -2.02. The summed E-state index contributed by atoms with van der Waals surface area (Å²) in [5, 5.41) is 22.7. The van der Waals surface area contributed by atoms with Gasteiger partial charge in [0, 0.05) is 11.1 Å². The Morgan fingerprint density at radius 3 is 2.86 bits per heavy atom. The molecule has 0 aliphatic carbocycles. The van der Waals surface area contributed by atoms with Crippen molar-refractivity contribution < 1.29 is 24.5 Å². The highest BCUT2D eigenvalue weighted by Gasteiger charge is 2.15. The quantitative estimate of drug-likeness (QED) is 0.454. The minimum Gasteiger partial charge on any atom is -0.504 e. The van der Waals surface area contributed by atoms with Crippen molar-refractivity contribution in [3.8, 4) is 23.0 Å². The number of carbonyl (C=O) groups is 1. The molecule has 2 aromatic rings. The minimum absolute atomic E-state index is 0.134. The number of nitrogens with zero attached hydrogens (tertiary/aromatic N) is 1. The topological polar surface area (TPSA) is 100 Å². The van der Waals surface area contributed by atoms with Crippen LogP contribution >= 0.6 is 0 Å². The molecule has 0 saturated heterocycles. The van der Waals surface area contributed by atoms with Crippen molar-refractivity contribution in [3.05, 3.63) is 47.5 Å². The second kappa shape index (κ2) is 5.65. The predicted molar refractivity (Wildman–Crippen MR) is 77.4 cm³/mol. The van der Waals surface area contributed by atoms with Gasteiger partial charge in [-0.05, 0) is 30.3 Å². The van der Waals surface area contributed by atoms with E-state index < -0.39 is 5.91 Å². The monoisotopic (exact) mass is 300 g/mol. The molecule has 112 valence electrons. The molecule has 3 rings (SSSR count). The van der Waals surface area contributed by atoms with Crippen LogP contribution in [-0.4, -0.2) is 29.1 Å². The molecule has 1 heterocycles. The number of fused-ring (bicyclic) bond motifs is 1. The Balaban J connectivity index is 1.70. The fourth-order valence-corrected chi connectivity index (χ4v) is 1.92. The van der Waals surface area contributed by atoms with Crippen LogP contribution in [0.5, 0.6) is 23.0 Å². The van der Waals surface area contributed by atoms with E-state index >= 15 is 0 Å². The molecule has 3 N–H and O–H groups in total. The maximum absolute atomic E-state index is 12.0. The Labute approximate surface area is 125 Å². The number of amides is 1. The molecule has 0 radical (unpaired) electrons. The van der Waals surface area contributed by atoms with Crippen molar-refractivity contribution in [1.29, 1.82) is 0 Å². The van der Waals surface area contributed by atoms with E-state index in [0.717, 1.165) is 0 Å². The Bertz CT molecular complexity index is 758. The summed E-state index contributed by atoms with van der Waals surface area (Å²) < 4.78 is 10.4. The number of hydrazone groups is 1. The fourth-order valence-electron chi connectivity index (χ4n) is 1.92. The average Bonchev–Trinajstić information content (AvgIpc) is 2.98. The molecule has 22 heavy (non-hydrogen) atoms. The molecule has 1 aliphatic rings. The molecule has 0 spiro atoms. The van der Waals surface area contributed by atoms with Crippen LogP contribution in [0.25, 0.3) is 0 Å². The Kier molecular flexibility index (Phi) is 3.53. The summed E-state index contributed by atoms with van der Waals surface area (Å²) >= 11 is 0. The van der Waals surface area contributed by atoms with Crippen molar-refractivity contribution in [2.75, 3.05) is 6.79 Å². The maximum Gasteiger partial charge on any atom is 0.271 e. The van der Waals surface area contributed by atoms with E-state index in [0.29, 0.717) is 17.1 Å². The maximum atomic E-state index is 12.0. The third-order valence-electron chi connectivity index (χ3n) is 3.05. The molecule has 1 amide bonds. The highest BCUT2D eigenvalue weighted by atomic mass is 16.7. The molecule has 0 fully saturated rings. The first-order valence-electron chi connectivity index (χ1n) is 6.39. The lowest BCUT2D eigenvalue weighted by molar-refractivity contribution is 0.0954. The van der Waals surface area contributed by atoms with Gasteiger partial charge < -0.3 is 19.7 Å². The number of benzene rings is 2. The third kappa shape index (κ3) is 2.64. The van der Waals surface area contributed by atoms with Crippen LogP contribution in [0.2, 0.25) is 0 Å². The molecule has 7 nitrogen and oxygen atoms in total. The summed E-state index contributed by atoms with van der Waals surface area (Å²) in [5.41, 5.74) is 2.97. The first-order valence-corrected chi connectivity index (χ1v) is 6.39. The van der Waals surface area contributed by atoms with Gasteiger partial charge >= 0.3 is 0 Å². The van der Waals surface area contributed by atoms with E-state index in [1.54, 1.807) is 30.3 Å². The zero-order chi connectivity index (χ0) is 15.5. The summed E-state index contributed by atoms with van der Waals surface area (Å²) in [6.07, 6.45) is 1.24. The summed E-state index contributed by atoms with van der Waals surface area (Å²) in [7, 11) is 0. The van der Waals surface area contributed by atoms with E-state index in [1.807, 2.05) is 0 Å². The van der Waals surface area contributed by atoms with Crippen LogP contribution in [0.1, 0.15) is 15.9 Å². The molecule has 0 atom stereocenters. The van der Waals surface area contributed by atoms with Gasteiger partial charge in [-0.3, -0.25) is 4.79 Å². The number of hydrogen-bond acceptors (Lipinski definition) is 6. The van der Waals surface area contributed by atoms with Gasteiger partial charge in [0.25, 0.3) is 5.91 Å². The van der Waals surface area contributed by atoms with Gasteiger partial charge in [0.15, 0.2) is 23.0 Å². The van der Waals surface area contributed by atoms with Crippen molar-refractivity contribution >= 4 is 12.1 Å². The number of phenols is 2. The fraction of sp³-hybridized carbons (Fsp3) is 0.0667. The number of para-hydroxylation sites is 1. The average molecular weight is 300 g/mol. The largest absolute Gasteiger partial charge is 0.504 e. The molecule has 1 aliphatic heterocycles. The Morgan fingerprint density at radius 2 is 2.00 bits per heavy atom. The van der Waals surface area contributed by atoms with E-state index in [2.05, 4.69) is 10.5 Å². The standard InChI is InChI=1S/C15H12N2O5/c18-11-3-1-2-10(14(11)19)7-16-17-15(20)9-4-5-12-13(6-9)22-8-21-12/h1-7,18-19H,8H2,(H,17,20)/b16-7+. The van der Waals surface area contributed by atoms with Gasteiger partial charge in [-0.25, -0.2) is 5.43 Å². The van der Waals surface area contributed by atoms with Gasteiger partial charge in [0.2, 0.25) is 6.79 Å². The molecule has 0 bridgehead atoms. The van der Waals surface area contributed by atoms with Crippen molar-refractivity contribution in [2.24, 2.45) is 5.10 Å². The molecule has 7 heteroatoms. The smallest absolute Gasteiger partial charge is 0.271 e. The SMILES string of the molecule is O=C(N/N=C/c1cccc(O)c1O)c1ccc2c(c1)OCO2.